The van der Waals surface area contributed by atoms with Crippen molar-refractivity contribution in [3.05, 3.63) is 29.7 Å². The topological polar surface area (TPSA) is 71.3 Å². The largest absolute Gasteiger partial charge is 0.462 e. The third-order valence-corrected chi connectivity index (χ3v) is 4.66. The molecule has 0 aliphatic heterocycles. The number of carbonyl (C=O) groups excluding carboxylic acids is 2. The molecule has 2 aliphatic rings. The fraction of sp³-hybridized carbons (Fsp3) is 0.556. The standard InChI is InChI=1S/C18H24N2O3/c1-13-4-7-15(23-13)8-9-16(21)20-18(10-2-3-11-18)17(22)19-12-14-5-6-14/h4,7-9,14H,2-3,5-6,10-12H2,1H3,(H,19,22)(H,20,21). The van der Waals surface area contributed by atoms with Crippen LogP contribution in [0, 0.1) is 12.8 Å². The van der Waals surface area contributed by atoms with Crippen molar-refractivity contribution in [1.82, 2.24) is 10.6 Å². The number of hydrogen-bond donors (Lipinski definition) is 2. The average molecular weight is 316 g/mol. The fourth-order valence-corrected chi connectivity index (χ4v) is 3.09. The Kier molecular flexibility index (Phi) is 4.55. The van der Waals surface area contributed by atoms with Crippen molar-refractivity contribution in [2.45, 2.75) is 51.0 Å². The molecule has 2 amide bonds. The molecule has 0 saturated heterocycles. The Morgan fingerprint density at radius 2 is 2.04 bits per heavy atom. The Bertz CT molecular complexity index is 608. The van der Waals surface area contributed by atoms with Crippen molar-refractivity contribution in [2.24, 2.45) is 5.92 Å². The van der Waals surface area contributed by atoms with E-state index in [9.17, 15) is 9.59 Å². The molecule has 5 nitrogen and oxygen atoms in total. The van der Waals surface area contributed by atoms with Gasteiger partial charge in [-0.25, -0.2) is 0 Å². The van der Waals surface area contributed by atoms with E-state index in [0.717, 1.165) is 25.1 Å². The highest BCUT2D eigenvalue weighted by Crippen LogP contribution is 2.31. The first kappa shape index (κ1) is 15.8. The lowest BCUT2D eigenvalue weighted by molar-refractivity contribution is -0.131. The summed E-state index contributed by atoms with van der Waals surface area (Å²) >= 11 is 0. The van der Waals surface area contributed by atoms with Gasteiger partial charge in [-0.05, 0) is 56.7 Å². The molecule has 124 valence electrons. The van der Waals surface area contributed by atoms with E-state index in [1.807, 2.05) is 19.1 Å². The predicted molar refractivity (Wildman–Crippen MR) is 87.6 cm³/mol. The first-order chi connectivity index (χ1) is 11.1. The van der Waals surface area contributed by atoms with Crippen molar-refractivity contribution in [1.29, 1.82) is 0 Å². The van der Waals surface area contributed by atoms with E-state index in [2.05, 4.69) is 10.6 Å². The molecule has 0 unspecified atom stereocenters. The highest BCUT2D eigenvalue weighted by Gasteiger charge is 2.42. The number of furan rings is 1. The van der Waals surface area contributed by atoms with E-state index in [1.165, 1.54) is 18.9 Å². The molecule has 2 saturated carbocycles. The van der Waals surface area contributed by atoms with Gasteiger partial charge in [0.05, 0.1) is 0 Å². The van der Waals surface area contributed by atoms with E-state index in [1.54, 1.807) is 6.08 Å². The normalized spacial score (nSPS) is 19.9. The maximum absolute atomic E-state index is 12.5. The number of amides is 2. The zero-order chi connectivity index (χ0) is 16.3. The van der Waals surface area contributed by atoms with Crippen LogP contribution in [-0.2, 0) is 9.59 Å². The number of hydrogen-bond acceptors (Lipinski definition) is 3. The third kappa shape index (κ3) is 4.03. The molecular formula is C18H24N2O3. The van der Waals surface area contributed by atoms with Crippen LogP contribution in [0.3, 0.4) is 0 Å². The first-order valence-electron chi connectivity index (χ1n) is 8.42. The lowest BCUT2D eigenvalue weighted by Crippen LogP contribution is -2.57. The van der Waals surface area contributed by atoms with Gasteiger partial charge in [-0.1, -0.05) is 12.8 Å². The molecule has 23 heavy (non-hydrogen) atoms. The fourth-order valence-electron chi connectivity index (χ4n) is 3.09. The molecule has 3 rings (SSSR count). The lowest BCUT2D eigenvalue weighted by Gasteiger charge is -2.28. The molecule has 2 N–H and O–H groups in total. The monoisotopic (exact) mass is 316 g/mol. The molecule has 5 heteroatoms. The van der Waals surface area contributed by atoms with Gasteiger partial charge in [-0.2, -0.15) is 0 Å². The second-order valence-electron chi connectivity index (χ2n) is 6.71. The van der Waals surface area contributed by atoms with Gasteiger partial charge >= 0.3 is 0 Å². The predicted octanol–water partition coefficient (Wildman–Crippen LogP) is 2.56. The molecule has 1 aromatic heterocycles. The van der Waals surface area contributed by atoms with Crippen LogP contribution in [0.4, 0.5) is 0 Å². The maximum atomic E-state index is 12.5. The molecule has 1 heterocycles. The van der Waals surface area contributed by atoms with Crippen LogP contribution >= 0.6 is 0 Å². The van der Waals surface area contributed by atoms with E-state index in [-0.39, 0.29) is 11.8 Å². The van der Waals surface area contributed by atoms with E-state index < -0.39 is 5.54 Å². The third-order valence-electron chi connectivity index (χ3n) is 4.66. The summed E-state index contributed by atoms with van der Waals surface area (Å²) in [5.74, 6) is 1.79. The summed E-state index contributed by atoms with van der Waals surface area (Å²) in [7, 11) is 0. The van der Waals surface area contributed by atoms with Gasteiger partial charge in [-0.3, -0.25) is 9.59 Å². The van der Waals surface area contributed by atoms with Gasteiger partial charge in [0.2, 0.25) is 11.8 Å². The Balaban J connectivity index is 1.60. The lowest BCUT2D eigenvalue weighted by atomic mass is 9.96. The highest BCUT2D eigenvalue weighted by atomic mass is 16.3. The Labute approximate surface area is 136 Å². The smallest absolute Gasteiger partial charge is 0.245 e. The molecule has 2 fully saturated rings. The highest BCUT2D eigenvalue weighted by molar-refractivity contribution is 5.97. The molecule has 0 bridgehead atoms. The van der Waals surface area contributed by atoms with Gasteiger partial charge in [0.1, 0.15) is 17.1 Å². The Morgan fingerprint density at radius 3 is 2.65 bits per heavy atom. The number of aryl methyl sites for hydroxylation is 1. The molecule has 0 aromatic carbocycles. The van der Waals surface area contributed by atoms with Crippen LogP contribution in [0.15, 0.2) is 22.6 Å². The van der Waals surface area contributed by atoms with Crippen molar-refractivity contribution >= 4 is 17.9 Å². The van der Waals surface area contributed by atoms with Crippen molar-refractivity contribution in [2.75, 3.05) is 6.54 Å². The Hall–Kier alpha value is -2.04. The van der Waals surface area contributed by atoms with Gasteiger partial charge in [0.15, 0.2) is 0 Å². The Morgan fingerprint density at radius 1 is 1.30 bits per heavy atom. The van der Waals surface area contributed by atoms with Crippen LogP contribution in [0.5, 0.6) is 0 Å². The minimum Gasteiger partial charge on any atom is -0.462 e. The quantitative estimate of drug-likeness (QED) is 0.792. The molecule has 0 radical (unpaired) electrons. The van der Waals surface area contributed by atoms with Crippen LogP contribution in [0.1, 0.15) is 50.0 Å². The first-order valence-corrected chi connectivity index (χ1v) is 8.42. The van der Waals surface area contributed by atoms with Crippen molar-refractivity contribution < 1.29 is 14.0 Å². The minimum absolute atomic E-state index is 0.0301. The van der Waals surface area contributed by atoms with Gasteiger partial charge in [0.25, 0.3) is 0 Å². The summed E-state index contributed by atoms with van der Waals surface area (Å²) in [5.41, 5.74) is -0.741. The van der Waals surface area contributed by atoms with Crippen LogP contribution in [0.25, 0.3) is 6.08 Å². The minimum atomic E-state index is -0.741. The summed E-state index contributed by atoms with van der Waals surface area (Å²) in [4.78, 5) is 24.8. The summed E-state index contributed by atoms with van der Waals surface area (Å²) in [6, 6.07) is 3.66. The van der Waals surface area contributed by atoms with Crippen LogP contribution in [0.2, 0.25) is 0 Å². The average Bonchev–Trinajstić information content (AvgIpc) is 3.08. The maximum Gasteiger partial charge on any atom is 0.245 e. The van der Waals surface area contributed by atoms with Crippen molar-refractivity contribution in [3.8, 4) is 0 Å². The molecule has 0 atom stereocenters. The zero-order valence-electron chi connectivity index (χ0n) is 13.6. The van der Waals surface area contributed by atoms with Crippen molar-refractivity contribution in [3.63, 3.8) is 0 Å². The van der Waals surface area contributed by atoms with Gasteiger partial charge in [-0.15, -0.1) is 0 Å². The zero-order valence-corrected chi connectivity index (χ0v) is 13.6. The number of nitrogens with one attached hydrogen (secondary N) is 2. The van der Waals surface area contributed by atoms with E-state index in [0.29, 0.717) is 24.5 Å². The number of rotatable bonds is 6. The van der Waals surface area contributed by atoms with E-state index >= 15 is 0 Å². The summed E-state index contributed by atoms with van der Waals surface area (Å²) < 4.78 is 5.40. The van der Waals surface area contributed by atoms with Gasteiger partial charge in [0, 0.05) is 12.6 Å². The van der Waals surface area contributed by atoms with Crippen LogP contribution in [-0.4, -0.2) is 23.9 Å². The molecule has 1 aromatic rings. The summed E-state index contributed by atoms with van der Waals surface area (Å²) in [6.07, 6.45) is 8.83. The van der Waals surface area contributed by atoms with Gasteiger partial charge < -0.3 is 15.1 Å². The molecular weight excluding hydrogens is 292 g/mol. The second-order valence-corrected chi connectivity index (χ2v) is 6.71. The van der Waals surface area contributed by atoms with Crippen LogP contribution < -0.4 is 10.6 Å². The SMILES string of the molecule is Cc1ccc(C=CC(=O)NC2(C(=O)NCC3CC3)CCCC2)o1. The van der Waals surface area contributed by atoms with E-state index in [4.69, 9.17) is 4.42 Å². The molecule has 2 aliphatic carbocycles. The summed E-state index contributed by atoms with van der Waals surface area (Å²) in [6.45, 7) is 2.59. The number of carbonyl (C=O) groups is 2. The molecule has 0 spiro atoms. The second kappa shape index (κ2) is 6.60. The summed E-state index contributed by atoms with van der Waals surface area (Å²) in [5, 5.41) is 5.95.